The number of rotatable bonds is 6. The third kappa shape index (κ3) is 4.16. The number of likely N-dealkylation sites (N-methyl/N-ethyl adjacent to an activating group) is 1. The molecule has 1 aliphatic rings. The van der Waals surface area contributed by atoms with Gasteiger partial charge in [0.2, 0.25) is 0 Å². The van der Waals surface area contributed by atoms with Crippen LogP contribution >= 0.6 is 15.9 Å². The van der Waals surface area contributed by atoms with E-state index in [1.165, 1.54) is 6.42 Å². The number of ether oxygens (including phenoxy) is 1. The summed E-state index contributed by atoms with van der Waals surface area (Å²) in [4.78, 5) is 13.8. The van der Waals surface area contributed by atoms with Crippen molar-refractivity contribution >= 4 is 21.8 Å². The fourth-order valence-corrected chi connectivity index (χ4v) is 2.77. The number of benzene rings is 1. The highest BCUT2D eigenvalue weighted by Gasteiger charge is 2.36. The Hall–Kier alpha value is -1.75. The highest BCUT2D eigenvalue weighted by Crippen LogP contribution is 2.47. The zero-order chi connectivity index (χ0) is 16.4. The quantitative estimate of drug-likeness (QED) is 0.757. The lowest BCUT2D eigenvalue weighted by molar-refractivity contribution is -0.132. The van der Waals surface area contributed by atoms with Gasteiger partial charge in [-0.25, -0.2) is 0 Å². The number of furan rings is 1. The second kappa shape index (κ2) is 6.79. The van der Waals surface area contributed by atoms with E-state index in [9.17, 15) is 4.79 Å². The first-order chi connectivity index (χ1) is 11.0. The lowest BCUT2D eigenvalue weighted by atomic mass is 10.3. The van der Waals surface area contributed by atoms with Crippen LogP contribution in [0.3, 0.4) is 0 Å². The summed E-state index contributed by atoms with van der Waals surface area (Å²) < 4.78 is 12.3. The Morgan fingerprint density at radius 1 is 1.30 bits per heavy atom. The molecule has 2 aromatic rings. The first kappa shape index (κ1) is 16.1. The van der Waals surface area contributed by atoms with Gasteiger partial charge in [-0.3, -0.25) is 4.79 Å². The lowest BCUT2D eigenvalue weighted by Gasteiger charge is -2.16. The van der Waals surface area contributed by atoms with Crippen LogP contribution in [0.2, 0.25) is 0 Å². The molecule has 1 aromatic carbocycles. The molecule has 0 spiro atoms. The molecule has 0 radical (unpaired) electrons. The van der Waals surface area contributed by atoms with E-state index in [-0.39, 0.29) is 12.5 Å². The van der Waals surface area contributed by atoms with E-state index in [2.05, 4.69) is 22.9 Å². The molecule has 0 saturated heterocycles. The maximum atomic E-state index is 12.1. The Balaban J connectivity index is 1.49. The maximum Gasteiger partial charge on any atom is 0.260 e. The van der Waals surface area contributed by atoms with Crippen LogP contribution in [0.5, 0.6) is 5.75 Å². The Bertz CT molecular complexity index is 680. The molecule has 0 N–H and O–H groups in total. The molecule has 1 amide bonds. The molecule has 1 aliphatic carbocycles. The van der Waals surface area contributed by atoms with E-state index in [4.69, 9.17) is 9.15 Å². The summed E-state index contributed by atoms with van der Waals surface area (Å²) in [6.45, 7) is 2.71. The number of carbonyl (C=O) groups excluding carboxylic acids is 1. The minimum atomic E-state index is -0.0781. The van der Waals surface area contributed by atoms with Crippen molar-refractivity contribution in [3.05, 3.63) is 52.4 Å². The molecule has 0 unspecified atom stereocenters. The molecule has 1 heterocycles. The summed E-state index contributed by atoms with van der Waals surface area (Å²) in [6.07, 6.45) is 1.20. The van der Waals surface area contributed by atoms with Gasteiger partial charge >= 0.3 is 0 Å². The van der Waals surface area contributed by atoms with Crippen LogP contribution in [-0.2, 0) is 11.3 Å². The van der Waals surface area contributed by atoms with Crippen LogP contribution in [0.15, 0.2) is 45.3 Å². The maximum absolute atomic E-state index is 12.1. The summed E-state index contributed by atoms with van der Waals surface area (Å²) in [6, 6.07) is 11.4. The minimum absolute atomic E-state index is 0.0192. The van der Waals surface area contributed by atoms with Crippen molar-refractivity contribution in [1.82, 2.24) is 4.90 Å². The fourth-order valence-electron chi connectivity index (χ4n) is 2.51. The topological polar surface area (TPSA) is 42.7 Å². The average Bonchev–Trinajstić information content (AvgIpc) is 3.08. The summed E-state index contributed by atoms with van der Waals surface area (Å²) in [5.74, 6) is 3.74. The monoisotopic (exact) mass is 377 g/mol. The second-order valence-corrected chi connectivity index (χ2v) is 7.03. The molecule has 23 heavy (non-hydrogen) atoms. The van der Waals surface area contributed by atoms with Crippen molar-refractivity contribution in [3.8, 4) is 5.75 Å². The van der Waals surface area contributed by atoms with Gasteiger partial charge in [-0.05, 0) is 48.7 Å². The third-order valence-electron chi connectivity index (χ3n) is 4.15. The molecule has 0 bridgehead atoms. The van der Waals surface area contributed by atoms with Gasteiger partial charge in [-0.1, -0.05) is 22.9 Å². The van der Waals surface area contributed by atoms with Gasteiger partial charge in [0.05, 0.1) is 6.54 Å². The van der Waals surface area contributed by atoms with Gasteiger partial charge in [0, 0.05) is 17.4 Å². The highest BCUT2D eigenvalue weighted by atomic mass is 79.9. The molecule has 2 atom stereocenters. The Morgan fingerprint density at radius 2 is 2.00 bits per heavy atom. The van der Waals surface area contributed by atoms with Gasteiger partial charge in [0.15, 0.2) is 6.61 Å². The smallest absolute Gasteiger partial charge is 0.260 e. The molecule has 122 valence electrons. The number of amides is 1. The number of hydrogen-bond acceptors (Lipinski definition) is 3. The fraction of sp³-hybridized carbons (Fsp3) is 0.389. The van der Waals surface area contributed by atoms with Crippen molar-refractivity contribution in [2.45, 2.75) is 25.8 Å². The van der Waals surface area contributed by atoms with E-state index >= 15 is 0 Å². The zero-order valence-corrected chi connectivity index (χ0v) is 14.9. The molecule has 1 saturated carbocycles. The number of carbonyl (C=O) groups is 1. The lowest BCUT2D eigenvalue weighted by Crippen LogP contribution is -2.30. The largest absolute Gasteiger partial charge is 0.484 e. The Kier molecular flexibility index (Phi) is 4.76. The Morgan fingerprint density at radius 3 is 2.65 bits per heavy atom. The third-order valence-corrected chi connectivity index (χ3v) is 4.68. The SMILES string of the molecule is C[C@@H]1C[C@@H]1c1ccc(CN(C)C(=O)COc2ccc(Br)cc2)o1. The normalized spacial score (nSPS) is 19.4. The molecular weight excluding hydrogens is 358 g/mol. The average molecular weight is 378 g/mol. The molecule has 5 heteroatoms. The van der Waals surface area contributed by atoms with E-state index in [0.717, 1.165) is 16.0 Å². The molecule has 1 fully saturated rings. The summed E-state index contributed by atoms with van der Waals surface area (Å²) >= 11 is 3.36. The molecule has 1 aromatic heterocycles. The number of hydrogen-bond donors (Lipinski definition) is 0. The standard InChI is InChI=1S/C18H20BrNO3/c1-12-9-16(12)17-8-7-15(23-17)10-20(2)18(21)11-22-14-5-3-13(19)4-6-14/h3-8,12,16H,9-11H2,1-2H3/t12-,16+/m1/s1. The van der Waals surface area contributed by atoms with Gasteiger partial charge in [-0.15, -0.1) is 0 Å². The van der Waals surface area contributed by atoms with Crippen LogP contribution in [0.4, 0.5) is 0 Å². The summed E-state index contributed by atoms with van der Waals surface area (Å²) in [5, 5.41) is 0. The Labute approximate surface area is 144 Å². The van der Waals surface area contributed by atoms with Gasteiger partial charge in [0.25, 0.3) is 5.91 Å². The van der Waals surface area contributed by atoms with Crippen LogP contribution < -0.4 is 4.74 Å². The van der Waals surface area contributed by atoms with Crippen molar-refractivity contribution < 1.29 is 13.9 Å². The predicted octanol–water partition coefficient (Wildman–Crippen LogP) is 4.20. The van der Waals surface area contributed by atoms with Gasteiger partial charge in [0.1, 0.15) is 17.3 Å². The van der Waals surface area contributed by atoms with E-state index in [1.807, 2.05) is 36.4 Å². The van der Waals surface area contributed by atoms with Crippen LogP contribution in [0, 0.1) is 5.92 Å². The first-order valence-corrected chi connectivity index (χ1v) is 8.53. The molecule has 0 aliphatic heterocycles. The van der Waals surface area contributed by atoms with E-state index in [0.29, 0.717) is 24.1 Å². The van der Waals surface area contributed by atoms with Crippen molar-refractivity contribution in [2.24, 2.45) is 5.92 Å². The minimum Gasteiger partial charge on any atom is -0.484 e. The van der Waals surface area contributed by atoms with Crippen LogP contribution in [0.25, 0.3) is 0 Å². The first-order valence-electron chi connectivity index (χ1n) is 7.74. The van der Waals surface area contributed by atoms with Gasteiger partial charge in [-0.2, -0.15) is 0 Å². The summed E-state index contributed by atoms with van der Waals surface area (Å²) in [7, 11) is 1.76. The van der Waals surface area contributed by atoms with E-state index < -0.39 is 0 Å². The molecular formula is C18H20BrNO3. The van der Waals surface area contributed by atoms with Gasteiger partial charge < -0.3 is 14.1 Å². The predicted molar refractivity (Wildman–Crippen MR) is 91.3 cm³/mol. The van der Waals surface area contributed by atoms with Crippen molar-refractivity contribution in [2.75, 3.05) is 13.7 Å². The number of halogens is 1. The number of nitrogens with zero attached hydrogens (tertiary/aromatic N) is 1. The van der Waals surface area contributed by atoms with Crippen molar-refractivity contribution in [1.29, 1.82) is 0 Å². The van der Waals surface area contributed by atoms with Crippen molar-refractivity contribution in [3.63, 3.8) is 0 Å². The van der Waals surface area contributed by atoms with Crippen LogP contribution in [-0.4, -0.2) is 24.5 Å². The zero-order valence-electron chi connectivity index (χ0n) is 13.3. The van der Waals surface area contributed by atoms with E-state index in [1.54, 1.807) is 11.9 Å². The van der Waals surface area contributed by atoms with Crippen LogP contribution in [0.1, 0.15) is 30.8 Å². The second-order valence-electron chi connectivity index (χ2n) is 6.12. The summed E-state index contributed by atoms with van der Waals surface area (Å²) in [5.41, 5.74) is 0. The molecule has 3 rings (SSSR count). The molecule has 4 nitrogen and oxygen atoms in total. The highest BCUT2D eigenvalue weighted by molar-refractivity contribution is 9.10.